The largest absolute Gasteiger partial charge is 0.341 e. The first-order valence-electron chi connectivity index (χ1n) is 9.53. The third kappa shape index (κ3) is 3.41. The first-order valence-corrected chi connectivity index (χ1v) is 9.53. The number of para-hydroxylation sites is 1. The summed E-state index contributed by atoms with van der Waals surface area (Å²) >= 11 is 0. The third-order valence-electron chi connectivity index (χ3n) is 4.96. The predicted molar refractivity (Wildman–Crippen MR) is 115 cm³/mol. The Morgan fingerprint density at radius 2 is 1.54 bits per heavy atom. The molecule has 0 aliphatic rings. The van der Waals surface area contributed by atoms with Crippen LogP contribution in [0.4, 0.5) is 5.95 Å². The smallest absolute Gasteiger partial charge is 0.267 e. The van der Waals surface area contributed by atoms with Gasteiger partial charge >= 0.3 is 0 Å². The van der Waals surface area contributed by atoms with Crippen LogP contribution in [0.5, 0.6) is 0 Å². The van der Waals surface area contributed by atoms with Gasteiger partial charge in [-0.2, -0.15) is 0 Å². The van der Waals surface area contributed by atoms with Crippen LogP contribution in [0.1, 0.15) is 18.1 Å². The molecule has 0 unspecified atom stereocenters. The molecule has 4 nitrogen and oxygen atoms in total. The van der Waals surface area contributed by atoms with E-state index in [1.54, 1.807) is 4.57 Å². The second kappa shape index (κ2) is 7.69. The molecule has 0 amide bonds. The van der Waals surface area contributed by atoms with Crippen LogP contribution < -0.4 is 10.5 Å². The number of rotatable bonds is 5. The minimum atomic E-state index is -0.0511. The molecule has 0 N–H and O–H groups in total. The third-order valence-corrected chi connectivity index (χ3v) is 4.96. The van der Waals surface area contributed by atoms with Gasteiger partial charge in [0.15, 0.2) is 0 Å². The van der Waals surface area contributed by atoms with E-state index in [1.807, 2.05) is 66.5 Å². The number of hydrogen-bond donors (Lipinski definition) is 0. The van der Waals surface area contributed by atoms with Gasteiger partial charge in [0.2, 0.25) is 5.95 Å². The van der Waals surface area contributed by atoms with E-state index in [-0.39, 0.29) is 5.56 Å². The van der Waals surface area contributed by atoms with Gasteiger partial charge in [-0.3, -0.25) is 4.79 Å². The molecule has 0 saturated carbocycles. The maximum Gasteiger partial charge on any atom is 0.267 e. The fraction of sp³-hybridized carbons (Fsp3) is 0.167. The van der Waals surface area contributed by atoms with Crippen LogP contribution in [0.15, 0.2) is 83.7 Å². The molecule has 0 bridgehead atoms. The molecule has 4 heteroatoms. The second-order valence-electron chi connectivity index (χ2n) is 6.93. The van der Waals surface area contributed by atoms with E-state index >= 15 is 0 Å². The molecule has 0 aliphatic heterocycles. The van der Waals surface area contributed by atoms with Crippen molar-refractivity contribution in [3.63, 3.8) is 0 Å². The zero-order valence-electron chi connectivity index (χ0n) is 16.2. The lowest BCUT2D eigenvalue weighted by Crippen LogP contribution is -2.29. The van der Waals surface area contributed by atoms with Crippen molar-refractivity contribution in [2.45, 2.75) is 19.9 Å². The molecule has 0 atom stereocenters. The summed E-state index contributed by atoms with van der Waals surface area (Å²) in [7, 11) is 1.97. The van der Waals surface area contributed by atoms with Gasteiger partial charge in [0.05, 0.1) is 16.6 Å². The quantitative estimate of drug-likeness (QED) is 0.517. The van der Waals surface area contributed by atoms with Crippen LogP contribution in [-0.4, -0.2) is 16.6 Å². The minimum absolute atomic E-state index is 0.0511. The Bertz CT molecular complexity index is 1150. The Kier molecular flexibility index (Phi) is 4.94. The van der Waals surface area contributed by atoms with Gasteiger partial charge in [-0.05, 0) is 41.8 Å². The molecular weight excluding hydrogens is 346 g/mol. The Hall–Kier alpha value is -3.40. The lowest BCUT2D eigenvalue weighted by Gasteiger charge is -2.23. The molecule has 0 radical (unpaired) electrons. The van der Waals surface area contributed by atoms with Crippen LogP contribution in [0, 0.1) is 0 Å². The van der Waals surface area contributed by atoms with E-state index in [2.05, 4.69) is 31.2 Å². The summed E-state index contributed by atoms with van der Waals surface area (Å²) < 4.78 is 1.71. The van der Waals surface area contributed by atoms with Crippen molar-refractivity contribution in [1.29, 1.82) is 0 Å². The van der Waals surface area contributed by atoms with Gasteiger partial charge in [0.1, 0.15) is 0 Å². The zero-order valence-corrected chi connectivity index (χ0v) is 16.2. The SMILES string of the molecule is CCc1ccc(-n2c(N(C)Cc3ccccc3)nc3ccccc3c2=O)cc1. The molecule has 0 saturated heterocycles. The highest BCUT2D eigenvalue weighted by molar-refractivity contribution is 5.79. The van der Waals surface area contributed by atoms with Crippen molar-refractivity contribution in [2.75, 3.05) is 11.9 Å². The van der Waals surface area contributed by atoms with E-state index in [0.717, 1.165) is 12.1 Å². The summed E-state index contributed by atoms with van der Waals surface area (Å²) in [6.45, 7) is 2.79. The standard InChI is InChI=1S/C24H23N3O/c1-3-18-13-15-20(16-14-18)27-23(28)21-11-7-8-12-22(21)25-24(27)26(2)17-19-9-5-4-6-10-19/h4-16H,3,17H2,1-2H3. The van der Waals surface area contributed by atoms with Crippen LogP contribution in [0.3, 0.4) is 0 Å². The van der Waals surface area contributed by atoms with Crippen molar-refractivity contribution < 1.29 is 0 Å². The van der Waals surface area contributed by atoms with E-state index in [9.17, 15) is 4.79 Å². The van der Waals surface area contributed by atoms with Crippen molar-refractivity contribution in [3.05, 3.63) is 100 Å². The molecule has 0 fully saturated rings. The van der Waals surface area contributed by atoms with E-state index in [1.165, 1.54) is 11.1 Å². The van der Waals surface area contributed by atoms with E-state index in [4.69, 9.17) is 4.98 Å². The highest BCUT2D eigenvalue weighted by Gasteiger charge is 2.16. The Morgan fingerprint density at radius 3 is 2.25 bits per heavy atom. The minimum Gasteiger partial charge on any atom is -0.341 e. The van der Waals surface area contributed by atoms with Crippen molar-refractivity contribution >= 4 is 16.9 Å². The van der Waals surface area contributed by atoms with Gasteiger partial charge in [0.25, 0.3) is 5.56 Å². The summed E-state index contributed by atoms with van der Waals surface area (Å²) in [6.07, 6.45) is 0.964. The van der Waals surface area contributed by atoms with Crippen LogP contribution in [0.25, 0.3) is 16.6 Å². The molecule has 1 heterocycles. The van der Waals surface area contributed by atoms with Crippen LogP contribution >= 0.6 is 0 Å². The number of anilines is 1. The fourth-order valence-corrected chi connectivity index (χ4v) is 3.42. The Labute approximate surface area is 164 Å². The number of aromatic nitrogens is 2. The monoisotopic (exact) mass is 369 g/mol. The predicted octanol–water partition coefficient (Wildman–Crippen LogP) is 4.58. The molecule has 0 spiro atoms. The van der Waals surface area contributed by atoms with Gasteiger partial charge in [-0.1, -0.05) is 61.5 Å². The summed E-state index contributed by atoms with van der Waals surface area (Å²) in [5.41, 5.74) is 3.90. The van der Waals surface area contributed by atoms with Gasteiger partial charge in [0, 0.05) is 13.6 Å². The molecule has 1 aromatic heterocycles. The topological polar surface area (TPSA) is 38.1 Å². The van der Waals surface area contributed by atoms with Gasteiger partial charge in [-0.25, -0.2) is 9.55 Å². The zero-order chi connectivity index (χ0) is 19.5. The van der Waals surface area contributed by atoms with Gasteiger partial charge in [-0.15, -0.1) is 0 Å². The first kappa shape index (κ1) is 18.0. The molecule has 28 heavy (non-hydrogen) atoms. The number of hydrogen-bond acceptors (Lipinski definition) is 3. The maximum absolute atomic E-state index is 13.4. The summed E-state index contributed by atoms with van der Waals surface area (Å²) in [4.78, 5) is 20.2. The van der Waals surface area contributed by atoms with Crippen LogP contribution in [0.2, 0.25) is 0 Å². The summed E-state index contributed by atoms with van der Waals surface area (Å²) in [5, 5.41) is 0.624. The lowest BCUT2D eigenvalue weighted by molar-refractivity contribution is 0.820. The average molecular weight is 369 g/mol. The number of benzene rings is 3. The normalized spacial score (nSPS) is 10.9. The number of fused-ring (bicyclic) bond motifs is 1. The molecular formula is C24H23N3O. The van der Waals surface area contributed by atoms with E-state index < -0.39 is 0 Å². The molecule has 4 aromatic rings. The van der Waals surface area contributed by atoms with Crippen molar-refractivity contribution in [3.8, 4) is 5.69 Å². The number of nitrogens with zero attached hydrogens (tertiary/aromatic N) is 3. The Morgan fingerprint density at radius 1 is 0.857 bits per heavy atom. The lowest BCUT2D eigenvalue weighted by atomic mass is 10.1. The maximum atomic E-state index is 13.4. The molecule has 4 rings (SSSR count). The van der Waals surface area contributed by atoms with Crippen LogP contribution in [-0.2, 0) is 13.0 Å². The van der Waals surface area contributed by atoms with Crippen molar-refractivity contribution in [1.82, 2.24) is 9.55 Å². The molecule has 3 aromatic carbocycles. The summed E-state index contributed by atoms with van der Waals surface area (Å²) in [6, 6.07) is 25.8. The highest BCUT2D eigenvalue weighted by Crippen LogP contribution is 2.20. The first-order chi connectivity index (χ1) is 13.7. The molecule has 140 valence electrons. The highest BCUT2D eigenvalue weighted by atomic mass is 16.1. The number of aryl methyl sites for hydroxylation is 1. The van der Waals surface area contributed by atoms with Crippen molar-refractivity contribution in [2.24, 2.45) is 0 Å². The van der Waals surface area contributed by atoms with E-state index in [0.29, 0.717) is 23.4 Å². The second-order valence-corrected chi connectivity index (χ2v) is 6.93. The molecule has 0 aliphatic carbocycles. The fourth-order valence-electron chi connectivity index (χ4n) is 3.42. The average Bonchev–Trinajstić information content (AvgIpc) is 2.74. The van der Waals surface area contributed by atoms with Gasteiger partial charge < -0.3 is 4.90 Å². The summed E-state index contributed by atoms with van der Waals surface area (Å²) in [5.74, 6) is 0.636. The Balaban J connectivity index is 1.88.